The fourth-order valence-electron chi connectivity index (χ4n) is 1.15. The van der Waals surface area contributed by atoms with Crippen LogP contribution in [0.1, 0.15) is 20.3 Å². The minimum atomic E-state index is -0.390. The van der Waals surface area contributed by atoms with Crippen LogP contribution in [0.4, 0.5) is 0 Å². The molecule has 0 bridgehead atoms. The number of methoxy groups -OCH3 is 1. The Hall–Kier alpha value is -0.120. The zero-order valence-corrected chi connectivity index (χ0v) is 7.42. The highest BCUT2D eigenvalue weighted by Crippen LogP contribution is 2.23. The molecule has 1 saturated heterocycles. The van der Waals surface area contributed by atoms with E-state index in [9.17, 15) is 0 Å². The van der Waals surface area contributed by atoms with Crippen molar-refractivity contribution < 1.29 is 14.2 Å². The third-order valence-corrected chi connectivity index (χ3v) is 1.71. The summed E-state index contributed by atoms with van der Waals surface area (Å²) in [5.41, 5.74) is 0. The first kappa shape index (κ1) is 8.97. The molecule has 0 aromatic rings. The molecule has 1 heterocycles. The molecule has 1 unspecified atom stereocenters. The summed E-state index contributed by atoms with van der Waals surface area (Å²) in [7, 11) is 1.70. The fraction of sp³-hybridized carbons (Fsp3) is 1.00. The highest BCUT2D eigenvalue weighted by molar-refractivity contribution is 4.70. The van der Waals surface area contributed by atoms with E-state index in [1.54, 1.807) is 7.11 Å². The molecular formula is C8H16O3. The van der Waals surface area contributed by atoms with Crippen molar-refractivity contribution in [3.63, 3.8) is 0 Å². The summed E-state index contributed by atoms with van der Waals surface area (Å²) in [6.07, 6.45) is 1.13. The Morgan fingerprint density at radius 1 is 1.55 bits per heavy atom. The Balaban J connectivity index is 2.20. The van der Waals surface area contributed by atoms with Gasteiger partial charge in [0.05, 0.1) is 12.7 Å². The lowest BCUT2D eigenvalue weighted by Gasteiger charge is -2.16. The summed E-state index contributed by atoms with van der Waals surface area (Å²) >= 11 is 0. The first-order valence-electron chi connectivity index (χ1n) is 3.95. The van der Waals surface area contributed by atoms with Gasteiger partial charge in [-0.3, -0.25) is 0 Å². The quantitative estimate of drug-likeness (QED) is 0.620. The molecule has 0 radical (unpaired) electrons. The molecular weight excluding hydrogens is 144 g/mol. The van der Waals surface area contributed by atoms with Gasteiger partial charge in [0.1, 0.15) is 0 Å². The molecule has 1 aliphatic heterocycles. The van der Waals surface area contributed by atoms with Crippen molar-refractivity contribution in [1.82, 2.24) is 0 Å². The summed E-state index contributed by atoms with van der Waals surface area (Å²) in [6.45, 7) is 5.29. The predicted molar refractivity (Wildman–Crippen MR) is 41.4 cm³/mol. The van der Waals surface area contributed by atoms with Gasteiger partial charge in [0.15, 0.2) is 5.79 Å². The van der Waals surface area contributed by atoms with Gasteiger partial charge in [-0.2, -0.15) is 0 Å². The highest BCUT2D eigenvalue weighted by atomic mass is 16.7. The number of rotatable bonds is 3. The standard InChI is InChI=1S/C8H16O3/c1-8(2)10-6-7(11-8)4-5-9-3/h7H,4-6H2,1-3H3. The van der Waals surface area contributed by atoms with E-state index >= 15 is 0 Å². The summed E-state index contributed by atoms with van der Waals surface area (Å²) in [5, 5.41) is 0. The minimum Gasteiger partial charge on any atom is -0.385 e. The SMILES string of the molecule is COCCC1COC(C)(C)O1. The van der Waals surface area contributed by atoms with Gasteiger partial charge < -0.3 is 14.2 Å². The van der Waals surface area contributed by atoms with Crippen molar-refractivity contribution in [3.8, 4) is 0 Å². The number of hydrogen-bond donors (Lipinski definition) is 0. The molecule has 3 nitrogen and oxygen atoms in total. The van der Waals surface area contributed by atoms with E-state index in [-0.39, 0.29) is 6.10 Å². The minimum absolute atomic E-state index is 0.213. The first-order valence-corrected chi connectivity index (χ1v) is 3.95. The summed E-state index contributed by atoms with van der Waals surface area (Å²) in [6, 6.07) is 0. The summed E-state index contributed by atoms with van der Waals surface area (Å²) in [5.74, 6) is -0.390. The van der Waals surface area contributed by atoms with Crippen molar-refractivity contribution in [2.24, 2.45) is 0 Å². The van der Waals surface area contributed by atoms with Crippen LogP contribution in [-0.4, -0.2) is 32.2 Å². The lowest BCUT2D eigenvalue weighted by Crippen LogP contribution is -2.21. The van der Waals surface area contributed by atoms with Gasteiger partial charge in [-0.25, -0.2) is 0 Å². The molecule has 1 rings (SSSR count). The topological polar surface area (TPSA) is 27.7 Å². The summed E-state index contributed by atoms with van der Waals surface area (Å²) < 4.78 is 15.9. The number of ether oxygens (including phenoxy) is 3. The molecule has 0 N–H and O–H groups in total. The van der Waals surface area contributed by atoms with Crippen LogP contribution in [-0.2, 0) is 14.2 Å². The third kappa shape index (κ3) is 2.77. The molecule has 1 fully saturated rings. The van der Waals surface area contributed by atoms with Crippen molar-refractivity contribution in [1.29, 1.82) is 0 Å². The van der Waals surface area contributed by atoms with Crippen molar-refractivity contribution in [2.45, 2.75) is 32.2 Å². The average molecular weight is 160 g/mol. The average Bonchev–Trinajstić information content (AvgIpc) is 2.26. The largest absolute Gasteiger partial charge is 0.385 e. The lowest BCUT2D eigenvalue weighted by molar-refractivity contribution is -0.140. The maximum Gasteiger partial charge on any atom is 0.163 e. The molecule has 0 aliphatic carbocycles. The molecule has 3 heteroatoms. The lowest BCUT2D eigenvalue weighted by atomic mass is 10.3. The van der Waals surface area contributed by atoms with Crippen molar-refractivity contribution >= 4 is 0 Å². The third-order valence-electron chi connectivity index (χ3n) is 1.71. The van der Waals surface area contributed by atoms with Crippen LogP contribution >= 0.6 is 0 Å². The van der Waals surface area contributed by atoms with Gasteiger partial charge in [-0.15, -0.1) is 0 Å². The summed E-state index contributed by atoms with van der Waals surface area (Å²) in [4.78, 5) is 0. The number of hydrogen-bond acceptors (Lipinski definition) is 3. The van der Waals surface area contributed by atoms with E-state index in [2.05, 4.69) is 0 Å². The van der Waals surface area contributed by atoms with Gasteiger partial charge in [0, 0.05) is 13.7 Å². The van der Waals surface area contributed by atoms with Gasteiger partial charge in [-0.1, -0.05) is 0 Å². The maximum atomic E-state index is 5.55. The van der Waals surface area contributed by atoms with Crippen LogP contribution in [0.2, 0.25) is 0 Å². The monoisotopic (exact) mass is 160 g/mol. The molecule has 11 heavy (non-hydrogen) atoms. The fourth-order valence-corrected chi connectivity index (χ4v) is 1.15. The smallest absolute Gasteiger partial charge is 0.163 e. The van der Waals surface area contributed by atoms with E-state index < -0.39 is 5.79 Å². The van der Waals surface area contributed by atoms with E-state index in [1.807, 2.05) is 13.8 Å². The zero-order valence-electron chi connectivity index (χ0n) is 7.42. The molecule has 0 saturated carbocycles. The van der Waals surface area contributed by atoms with Crippen LogP contribution < -0.4 is 0 Å². The van der Waals surface area contributed by atoms with Crippen LogP contribution in [0.25, 0.3) is 0 Å². The Kier molecular flexibility index (Phi) is 2.87. The Morgan fingerprint density at radius 2 is 2.27 bits per heavy atom. The van der Waals surface area contributed by atoms with E-state index in [1.165, 1.54) is 0 Å². The van der Waals surface area contributed by atoms with Crippen LogP contribution in [0.15, 0.2) is 0 Å². The van der Waals surface area contributed by atoms with Crippen LogP contribution in [0.5, 0.6) is 0 Å². The van der Waals surface area contributed by atoms with E-state index in [0.29, 0.717) is 6.61 Å². The van der Waals surface area contributed by atoms with Gasteiger partial charge in [-0.05, 0) is 20.3 Å². The molecule has 0 amide bonds. The van der Waals surface area contributed by atoms with Crippen LogP contribution in [0.3, 0.4) is 0 Å². The molecule has 66 valence electrons. The zero-order chi connectivity index (χ0) is 8.32. The highest BCUT2D eigenvalue weighted by Gasteiger charge is 2.31. The Morgan fingerprint density at radius 3 is 2.73 bits per heavy atom. The second-order valence-electron chi connectivity index (χ2n) is 3.23. The predicted octanol–water partition coefficient (Wildman–Crippen LogP) is 1.17. The molecule has 1 aliphatic rings. The first-order chi connectivity index (χ1) is 5.14. The Bertz CT molecular complexity index is 123. The second kappa shape index (κ2) is 3.52. The van der Waals surface area contributed by atoms with Crippen molar-refractivity contribution in [2.75, 3.05) is 20.3 Å². The second-order valence-corrected chi connectivity index (χ2v) is 3.23. The van der Waals surface area contributed by atoms with Gasteiger partial charge in [0.25, 0.3) is 0 Å². The van der Waals surface area contributed by atoms with E-state index in [0.717, 1.165) is 13.0 Å². The van der Waals surface area contributed by atoms with Crippen molar-refractivity contribution in [3.05, 3.63) is 0 Å². The maximum absolute atomic E-state index is 5.55. The normalized spacial score (nSPS) is 29.2. The molecule has 0 aromatic heterocycles. The molecule has 1 atom stereocenters. The Labute approximate surface area is 67.6 Å². The van der Waals surface area contributed by atoms with E-state index in [4.69, 9.17) is 14.2 Å². The van der Waals surface area contributed by atoms with Gasteiger partial charge >= 0.3 is 0 Å². The van der Waals surface area contributed by atoms with Gasteiger partial charge in [0.2, 0.25) is 0 Å². The molecule has 0 aromatic carbocycles. The van der Waals surface area contributed by atoms with Crippen LogP contribution in [0, 0.1) is 0 Å². The molecule has 0 spiro atoms.